The molecule has 0 unspecified atom stereocenters. The van der Waals surface area contributed by atoms with Crippen LogP contribution < -0.4 is 11.1 Å². The summed E-state index contributed by atoms with van der Waals surface area (Å²) in [5, 5.41) is 3.05. The first-order valence-electron chi connectivity index (χ1n) is 5.37. The summed E-state index contributed by atoms with van der Waals surface area (Å²) < 4.78 is 13.4. The van der Waals surface area contributed by atoms with Crippen molar-refractivity contribution in [2.45, 2.75) is 6.42 Å². The number of nitrogens with one attached hydrogen (secondary N) is 1. The van der Waals surface area contributed by atoms with Crippen LogP contribution in [0.25, 0.3) is 0 Å². The SMILES string of the molecule is NCC(=O)Nc1ncc(Cc2ccccc2F)s1. The molecule has 0 saturated carbocycles. The minimum atomic E-state index is -0.290. The molecule has 0 saturated heterocycles. The van der Waals surface area contributed by atoms with Gasteiger partial charge in [-0.05, 0) is 11.6 Å². The fourth-order valence-electron chi connectivity index (χ4n) is 1.45. The molecule has 2 aromatic rings. The van der Waals surface area contributed by atoms with Gasteiger partial charge >= 0.3 is 0 Å². The molecule has 2 rings (SSSR count). The Morgan fingerprint density at radius 3 is 2.94 bits per heavy atom. The average molecular weight is 265 g/mol. The fraction of sp³-hybridized carbons (Fsp3) is 0.167. The molecular formula is C12H12FN3OS. The molecule has 3 N–H and O–H groups in total. The molecule has 0 fully saturated rings. The fourth-order valence-corrected chi connectivity index (χ4v) is 2.30. The Balaban J connectivity index is 2.07. The van der Waals surface area contributed by atoms with Crippen LogP contribution in [0.5, 0.6) is 0 Å². The predicted molar refractivity (Wildman–Crippen MR) is 69.0 cm³/mol. The number of amides is 1. The number of benzene rings is 1. The number of nitrogens with two attached hydrogens (primary N) is 1. The first-order valence-corrected chi connectivity index (χ1v) is 6.18. The van der Waals surface area contributed by atoms with Crippen LogP contribution in [-0.4, -0.2) is 17.4 Å². The maximum Gasteiger partial charge on any atom is 0.239 e. The van der Waals surface area contributed by atoms with Crippen LogP contribution in [0.2, 0.25) is 0 Å². The van der Waals surface area contributed by atoms with E-state index in [1.807, 2.05) is 0 Å². The molecule has 0 atom stereocenters. The number of hydrogen-bond donors (Lipinski definition) is 2. The Hall–Kier alpha value is -1.79. The summed E-state index contributed by atoms with van der Waals surface area (Å²) in [5.74, 6) is -0.528. The molecule has 0 radical (unpaired) electrons. The van der Waals surface area contributed by atoms with E-state index >= 15 is 0 Å². The molecule has 94 valence electrons. The highest BCUT2D eigenvalue weighted by Crippen LogP contribution is 2.22. The van der Waals surface area contributed by atoms with Crippen LogP contribution in [0, 0.1) is 5.82 Å². The van der Waals surface area contributed by atoms with Gasteiger partial charge in [-0.25, -0.2) is 9.37 Å². The van der Waals surface area contributed by atoms with Gasteiger partial charge in [0.15, 0.2) is 5.13 Å². The number of halogens is 1. The zero-order valence-corrected chi connectivity index (χ0v) is 10.3. The number of aromatic nitrogens is 1. The Kier molecular flexibility index (Phi) is 4.01. The molecule has 0 bridgehead atoms. The molecule has 6 heteroatoms. The summed E-state index contributed by atoms with van der Waals surface area (Å²) in [5.41, 5.74) is 5.79. The molecule has 0 aliphatic heterocycles. The standard InChI is InChI=1S/C12H12FN3OS/c13-10-4-2-1-3-8(10)5-9-7-15-12(18-9)16-11(17)6-14/h1-4,7H,5-6,14H2,(H,15,16,17). The lowest BCUT2D eigenvalue weighted by Gasteiger charge is -1.99. The highest BCUT2D eigenvalue weighted by molar-refractivity contribution is 7.15. The van der Waals surface area contributed by atoms with E-state index in [0.29, 0.717) is 17.1 Å². The van der Waals surface area contributed by atoms with E-state index in [1.165, 1.54) is 17.4 Å². The number of nitrogens with zero attached hydrogens (tertiary/aromatic N) is 1. The minimum Gasteiger partial charge on any atom is -0.322 e. The maximum absolute atomic E-state index is 13.4. The molecular weight excluding hydrogens is 253 g/mol. The Bertz CT molecular complexity index is 556. The minimum absolute atomic E-state index is 0.0811. The first kappa shape index (κ1) is 12.7. The van der Waals surface area contributed by atoms with Gasteiger partial charge in [0.1, 0.15) is 5.82 Å². The molecule has 4 nitrogen and oxygen atoms in total. The molecule has 1 aromatic carbocycles. The Labute approximate surface area is 108 Å². The number of thiazole rings is 1. The molecule has 0 aliphatic rings. The monoisotopic (exact) mass is 265 g/mol. The molecule has 1 aromatic heterocycles. The van der Waals surface area contributed by atoms with Crippen LogP contribution >= 0.6 is 11.3 Å². The van der Waals surface area contributed by atoms with E-state index in [1.54, 1.807) is 24.4 Å². The third-order valence-electron chi connectivity index (χ3n) is 2.31. The van der Waals surface area contributed by atoms with Gasteiger partial charge in [-0.1, -0.05) is 18.2 Å². The molecule has 0 aliphatic carbocycles. The maximum atomic E-state index is 13.4. The Morgan fingerprint density at radius 1 is 1.44 bits per heavy atom. The third-order valence-corrected chi connectivity index (χ3v) is 3.22. The topological polar surface area (TPSA) is 68.0 Å². The summed E-state index contributed by atoms with van der Waals surface area (Å²) in [6.45, 7) is -0.0811. The number of carbonyl (C=O) groups is 1. The van der Waals surface area contributed by atoms with E-state index < -0.39 is 0 Å². The number of hydrogen-bond acceptors (Lipinski definition) is 4. The van der Waals surface area contributed by atoms with Crippen LogP contribution in [0.3, 0.4) is 0 Å². The summed E-state index contributed by atoms with van der Waals surface area (Å²) in [4.78, 5) is 16.0. The van der Waals surface area contributed by atoms with E-state index in [2.05, 4.69) is 10.3 Å². The first-order chi connectivity index (χ1) is 8.69. The zero-order valence-electron chi connectivity index (χ0n) is 9.52. The highest BCUT2D eigenvalue weighted by atomic mass is 32.1. The molecule has 0 spiro atoms. The lowest BCUT2D eigenvalue weighted by Crippen LogP contribution is -2.21. The van der Waals surface area contributed by atoms with Crippen molar-refractivity contribution in [1.29, 1.82) is 0 Å². The van der Waals surface area contributed by atoms with Gasteiger partial charge in [-0.3, -0.25) is 4.79 Å². The average Bonchev–Trinajstić information content (AvgIpc) is 2.79. The van der Waals surface area contributed by atoms with E-state index in [9.17, 15) is 9.18 Å². The summed E-state index contributed by atoms with van der Waals surface area (Å²) in [7, 11) is 0. The summed E-state index contributed by atoms with van der Waals surface area (Å²) in [6, 6.07) is 6.59. The van der Waals surface area contributed by atoms with Crippen molar-refractivity contribution in [3.8, 4) is 0 Å². The van der Waals surface area contributed by atoms with E-state index in [4.69, 9.17) is 5.73 Å². The van der Waals surface area contributed by atoms with E-state index in [-0.39, 0.29) is 18.3 Å². The van der Waals surface area contributed by atoms with Crippen molar-refractivity contribution in [3.05, 3.63) is 46.7 Å². The van der Waals surface area contributed by atoms with Crippen molar-refractivity contribution >= 4 is 22.4 Å². The van der Waals surface area contributed by atoms with Crippen molar-refractivity contribution in [1.82, 2.24) is 4.98 Å². The number of anilines is 1. The normalized spacial score (nSPS) is 10.3. The van der Waals surface area contributed by atoms with Gasteiger partial charge in [0.2, 0.25) is 5.91 Å². The van der Waals surface area contributed by atoms with Gasteiger partial charge in [-0.15, -0.1) is 11.3 Å². The lowest BCUT2D eigenvalue weighted by atomic mass is 10.1. The van der Waals surface area contributed by atoms with Crippen molar-refractivity contribution in [2.24, 2.45) is 5.73 Å². The van der Waals surface area contributed by atoms with Crippen LogP contribution in [0.4, 0.5) is 9.52 Å². The summed E-state index contributed by atoms with van der Waals surface area (Å²) >= 11 is 1.31. The smallest absolute Gasteiger partial charge is 0.239 e. The van der Waals surface area contributed by atoms with Crippen molar-refractivity contribution in [3.63, 3.8) is 0 Å². The number of carbonyl (C=O) groups excluding carboxylic acids is 1. The van der Waals surface area contributed by atoms with Crippen LogP contribution in [0.15, 0.2) is 30.5 Å². The van der Waals surface area contributed by atoms with Gasteiger partial charge in [0.25, 0.3) is 0 Å². The molecule has 18 heavy (non-hydrogen) atoms. The predicted octanol–water partition coefficient (Wildman–Crippen LogP) is 1.77. The second kappa shape index (κ2) is 5.70. The quantitative estimate of drug-likeness (QED) is 0.885. The third kappa shape index (κ3) is 3.12. The number of rotatable bonds is 4. The van der Waals surface area contributed by atoms with Gasteiger partial charge < -0.3 is 11.1 Å². The van der Waals surface area contributed by atoms with Crippen molar-refractivity contribution < 1.29 is 9.18 Å². The second-order valence-electron chi connectivity index (χ2n) is 3.65. The van der Waals surface area contributed by atoms with Gasteiger partial charge in [0, 0.05) is 17.5 Å². The molecule has 1 heterocycles. The molecule has 1 amide bonds. The zero-order chi connectivity index (χ0) is 13.0. The second-order valence-corrected chi connectivity index (χ2v) is 4.77. The van der Waals surface area contributed by atoms with E-state index in [0.717, 1.165) is 4.88 Å². The lowest BCUT2D eigenvalue weighted by molar-refractivity contribution is -0.114. The van der Waals surface area contributed by atoms with Gasteiger partial charge in [-0.2, -0.15) is 0 Å². The highest BCUT2D eigenvalue weighted by Gasteiger charge is 2.07. The van der Waals surface area contributed by atoms with Crippen LogP contribution in [-0.2, 0) is 11.2 Å². The van der Waals surface area contributed by atoms with Crippen molar-refractivity contribution in [2.75, 3.05) is 11.9 Å². The summed E-state index contributed by atoms with van der Waals surface area (Å²) in [6.07, 6.45) is 2.09. The largest absolute Gasteiger partial charge is 0.322 e. The van der Waals surface area contributed by atoms with Gasteiger partial charge in [0.05, 0.1) is 6.54 Å². The van der Waals surface area contributed by atoms with Crippen LogP contribution in [0.1, 0.15) is 10.4 Å². The Morgan fingerprint density at radius 2 is 2.22 bits per heavy atom.